The number of pyridine rings is 1. The molecule has 3 rings (SSSR count). The second-order valence-electron chi connectivity index (χ2n) is 4.60. The second-order valence-corrected chi connectivity index (χ2v) is 4.60. The first-order valence-electron chi connectivity index (χ1n) is 6.08. The predicted octanol–water partition coefficient (Wildman–Crippen LogP) is 3.77. The van der Waals surface area contributed by atoms with Crippen molar-refractivity contribution in [2.45, 2.75) is 18.8 Å². The van der Waals surface area contributed by atoms with Crippen LogP contribution in [0.2, 0.25) is 0 Å². The number of hydrogen-bond donors (Lipinski definition) is 0. The highest BCUT2D eigenvalue weighted by Crippen LogP contribution is 2.40. The summed E-state index contributed by atoms with van der Waals surface area (Å²) in [6.07, 6.45) is 4.46. The number of hydrogen-bond acceptors (Lipinski definition) is 2. The molecule has 1 heterocycles. The lowest BCUT2D eigenvalue weighted by atomic mass is 10.1. The summed E-state index contributed by atoms with van der Waals surface area (Å²) in [5.41, 5.74) is 3.01. The summed E-state index contributed by atoms with van der Waals surface area (Å²) in [5, 5.41) is 0. The van der Waals surface area contributed by atoms with Crippen molar-refractivity contribution in [3.8, 4) is 17.0 Å². The molecule has 3 heteroatoms. The minimum absolute atomic E-state index is 0.251. The van der Waals surface area contributed by atoms with Crippen LogP contribution >= 0.6 is 0 Å². The Kier molecular flexibility index (Phi) is 2.74. The lowest BCUT2D eigenvalue weighted by Gasteiger charge is -2.06. The number of methoxy groups -OCH3 is 1. The van der Waals surface area contributed by atoms with E-state index in [-0.39, 0.29) is 11.6 Å². The standard InChI is InChI=1S/C15H14FNO/c1-18-15-8-11(4-6-13(15)16)14-7-5-12(9-17-14)10-2-3-10/h4-10H,2-3H2,1H3. The second kappa shape index (κ2) is 4.41. The van der Waals surface area contributed by atoms with Gasteiger partial charge in [0, 0.05) is 11.8 Å². The Balaban J connectivity index is 1.93. The maximum atomic E-state index is 13.3. The van der Waals surface area contributed by atoms with Crippen LogP contribution in [0.25, 0.3) is 11.3 Å². The Bertz CT molecular complexity index is 561. The Morgan fingerprint density at radius 3 is 2.67 bits per heavy atom. The van der Waals surface area contributed by atoms with Crippen LogP contribution < -0.4 is 4.74 Å². The average molecular weight is 243 g/mol. The zero-order valence-electron chi connectivity index (χ0n) is 10.2. The molecular formula is C15H14FNO. The number of halogens is 1. The van der Waals surface area contributed by atoms with Crippen molar-refractivity contribution in [1.29, 1.82) is 0 Å². The van der Waals surface area contributed by atoms with Crippen molar-refractivity contribution in [3.05, 3.63) is 47.9 Å². The quantitative estimate of drug-likeness (QED) is 0.818. The topological polar surface area (TPSA) is 22.1 Å². The number of rotatable bonds is 3. The van der Waals surface area contributed by atoms with Gasteiger partial charge in [0.2, 0.25) is 0 Å². The lowest BCUT2D eigenvalue weighted by Crippen LogP contribution is -1.91. The van der Waals surface area contributed by atoms with Crippen LogP contribution in [0.4, 0.5) is 4.39 Å². The predicted molar refractivity (Wildman–Crippen MR) is 68.2 cm³/mol. The first kappa shape index (κ1) is 11.2. The smallest absolute Gasteiger partial charge is 0.165 e. The van der Waals surface area contributed by atoms with Gasteiger partial charge in [0.1, 0.15) is 0 Å². The lowest BCUT2D eigenvalue weighted by molar-refractivity contribution is 0.387. The van der Waals surface area contributed by atoms with E-state index >= 15 is 0 Å². The van der Waals surface area contributed by atoms with Gasteiger partial charge in [-0.3, -0.25) is 4.98 Å². The number of ether oxygens (including phenoxy) is 1. The van der Waals surface area contributed by atoms with Crippen molar-refractivity contribution in [3.63, 3.8) is 0 Å². The maximum absolute atomic E-state index is 13.3. The molecule has 1 aliphatic carbocycles. The Morgan fingerprint density at radius 1 is 1.22 bits per heavy atom. The third kappa shape index (κ3) is 2.08. The van der Waals surface area contributed by atoms with E-state index in [1.165, 1.54) is 31.6 Å². The number of benzene rings is 1. The third-order valence-electron chi connectivity index (χ3n) is 3.28. The molecule has 0 N–H and O–H groups in total. The molecule has 0 atom stereocenters. The molecule has 1 fully saturated rings. The van der Waals surface area contributed by atoms with Gasteiger partial charge < -0.3 is 4.74 Å². The van der Waals surface area contributed by atoms with Crippen molar-refractivity contribution in [2.24, 2.45) is 0 Å². The highest BCUT2D eigenvalue weighted by atomic mass is 19.1. The molecule has 1 aliphatic rings. The Labute approximate surface area is 105 Å². The SMILES string of the molecule is COc1cc(-c2ccc(C3CC3)cn2)ccc1F. The van der Waals surface area contributed by atoms with Crippen LogP contribution in [0.3, 0.4) is 0 Å². The van der Waals surface area contributed by atoms with E-state index in [4.69, 9.17) is 4.74 Å². The van der Waals surface area contributed by atoms with Gasteiger partial charge in [-0.05, 0) is 48.6 Å². The van der Waals surface area contributed by atoms with E-state index < -0.39 is 0 Å². The fourth-order valence-electron chi connectivity index (χ4n) is 2.05. The Hall–Kier alpha value is -1.90. The van der Waals surface area contributed by atoms with Gasteiger partial charge in [0.25, 0.3) is 0 Å². The third-order valence-corrected chi connectivity index (χ3v) is 3.28. The minimum Gasteiger partial charge on any atom is -0.494 e. The first-order valence-corrected chi connectivity index (χ1v) is 6.08. The summed E-state index contributed by atoms with van der Waals surface area (Å²) in [4.78, 5) is 4.44. The van der Waals surface area contributed by atoms with Crippen molar-refractivity contribution >= 4 is 0 Å². The van der Waals surface area contributed by atoms with Crippen molar-refractivity contribution in [2.75, 3.05) is 7.11 Å². The summed E-state index contributed by atoms with van der Waals surface area (Å²) >= 11 is 0. The van der Waals surface area contributed by atoms with E-state index in [1.807, 2.05) is 12.3 Å². The van der Waals surface area contributed by atoms with Crippen molar-refractivity contribution in [1.82, 2.24) is 4.98 Å². The van der Waals surface area contributed by atoms with Crippen molar-refractivity contribution < 1.29 is 9.13 Å². The van der Waals surface area contributed by atoms with Gasteiger partial charge in [-0.15, -0.1) is 0 Å². The monoisotopic (exact) mass is 243 g/mol. The van der Waals surface area contributed by atoms with E-state index in [1.54, 1.807) is 12.1 Å². The summed E-state index contributed by atoms with van der Waals surface area (Å²) in [6.45, 7) is 0. The molecule has 0 unspecified atom stereocenters. The van der Waals surface area contributed by atoms with Crippen LogP contribution in [0.15, 0.2) is 36.5 Å². The van der Waals surface area contributed by atoms with Crippen LogP contribution in [0.5, 0.6) is 5.75 Å². The first-order chi connectivity index (χ1) is 8.78. The summed E-state index contributed by atoms with van der Waals surface area (Å²) in [7, 11) is 1.46. The molecule has 0 bridgehead atoms. The molecule has 0 spiro atoms. The van der Waals surface area contributed by atoms with Crippen LogP contribution in [0, 0.1) is 5.82 Å². The van der Waals surface area contributed by atoms with E-state index in [9.17, 15) is 4.39 Å². The highest BCUT2D eigenvalue weighted by Gasteiger charge is 2.23. The van der Waals surface area contributed by atoms with Gasteiger partial charge in [-0.1, -0.05) is 6.07 Å². The van der Waals surface area contributed by atoms with Gasteiger partial charge in [0.15, 0.2) is 11.6 Å². The fraction of sp³-hybridized carbons (Fsp3) is 0.267. The average Bonchev–Trinajstić information content (AvgIpc) is 3.24. The molecule has 2 aromatic rings. The zero-order valence-corrected chi connectivity index (χ0v) is 10.2. The molecule has 2 nitrogen and oxygen atoms in total. The van der Waals surface area contributed by atoms with E-state index in [0.29, 0.717) is 5.92 Å². The highest BCUT2D eigenvalue weighted by molar-refractivity contribution is 5.61. The summed E-state index contributed by atoms with van der Waals surface area (Å²) in [5.74, 6) is 0.603. The van der Waals surface area contributed by atoms with E-state index in [0.717, 1.165) is 11.3 Å². The maximum Gasteiger partial charge on any atom is 0.165 e. The summed E-state index contributed by atoms with van der Waals surface area (Å²) in [6, 6.07) is 8.90. The van der Waals surface area contributed by atoms with Gasteiger partial charge in [-0.2, -0.15) is 0 Å². The zero-order chi connectivity index (χ0) is 12.5. The molecule has 92 valence electrons. The fourth-order valence-corrected chi connectivity index (χ4v) is 2.05. The number of aromatic nitrogens is 1. The molecular weight excluding hydrogens is 229 g/mol. The molecule has 0 radical (unpaired) electrons. The minimum atomic E-state index is -0.351. The Morgan fingerprint density at radius 2 is 2.06 bits per heavy atom. The van der Waals surface area contributed by atoms with E-state index in [2.05, 4.69) is 11.1 Å². The van der Waals surface area contributed by atoms with Crippen LogP contribution in [-0.4, -0.2) is 12.1 Å². The van der Waals surface area contributed by atoms with Gasteiger partial charge >= 0.3 is 0 Å². The molecule has 0 saturated heterocycles. The molecule has 1 aromatic carbocycles. The largest absolute Gasteiger partial charge is 0.494 e. The summed E-state index contributed by atoms with van der Waals surface area (Å²) < 4.78 is 18.3. The molecule has 0 amide bonds. The number of nitrogens with zero attached hydrogens (tertiary/aromatic N) is 1. The molecule has 0 aliphatic heterocycles. The van der Waals surface area contributed by atoms with Gasteiger partial charge in [0.05, 0.1) is 12.8 Å². The van der Waals surface area contributed by atoms with Gasteiger partial charge in [-0.25, -0.2) is 4.39 Å². The molecule has 18 heavy (non-hydrogen) atoms. The normalized spacial score (nSPS) is 14.6. The molecule has 1 aromatic heterocycles. The molecule has 1 saturated carbocycles. The van der Waals surface area contributed by atoms with Crippen LogP contribution in [-0.2, 0) is 0 Å². The van der Waals surface area contributed by atoms with Crippen LogP contribution in [0.1, 0.15) is 24.3 Å².